The number of amides is 2. The van der Waals surface area contributed by atoms with Crippen molar-refractivity contribution in [3.05, 3.63) is 63.6 Å². The lowest BCUT2D eigenvalue weighted by Gasteiger charge is -2.33. The van der Waals surface area contributed by atoms with E-state index in [1.807, 2.05) is 12.1 Å². The standard InChI is InChI=1S/C26H35Cl2N3O4S/c1-7-23(25(33)29-8-2)30(16-18-9-14-21(27)22(28)15-18)24(32)17-31(36(6,34)35)20-12-10-19(11-13-20)26(3,4)5/h9-15,23H,7-8,16-17H2,1-6H3,(H,29,33)/t23-/m1/s1. The monoisotopic (exact) mass is 555 g/mol. The second-order valence-corrected chi connectivity index (χ2v) is 12.4. The van der Waals surface area contributed by atoms with Crippen molar-refractivity contribution in [2.24, 2.45) is 0 Å². The van der Waals surface area contributed by atoms with Crippen LogP contribution >= 0.6 is 23.2 Å². The Morgan fingerprint density at radius 3 is 2.08 bits per heavy atom. The van der Waals surface area contributed by atoms with Gasteiger partial charge in [0.25, 0.3) is 0 Å². The minimum Gasteiger partial charge on any atom is -0.355 e. The van der Waals surface area contributed by atoms with Gasteiger partial charge in [0.05, 0.1) is 22.0 Å². The molecule has 0 spiro atoms. The van der Waals surface area contributed by atoms with Gasteiger partial charge in [0.2, 0.25) is 21.8 Å². The molecule has 1 atom stereocenters. The summed E-state index contributed by atoms with van der Waals surface area (Å²) < 4.78 is 26.5. The van der Waals surface area contributed by atoms with Gasteiger partial charge in [-0.05, 0) is 54.2 Å². The Morgan fingerprint density at radius 1 is 1.00 bits per heavy atom. The molecular formula is C26H35Cl2N3O4S. The fraction of sp³-hybridized carbons (Fsp3) is 0.462. The number of nitrogens with zero attached hydrogens (tertiary/aromatic N) is 2. The molecule has 0 aliphatic carbocycles. The van der Waals surface area contributed by atoms with E-state index in [2.05, 4.69) is 26.1 Å². The van der Waals surface area contributed by atoms with Crippen molar-refractivity contribution in [1.82, 2.24) is 10.2 Å². The van der Waals surface area contributed by atoms with Crippen molar-refractivity contribution in [2.45, 2.75) is 59.0 Å². The van der Waals surface area contributed by atoms with Gasteiger partial charge in [-0.1, -0.05) is 69.1 Å². The molecular weight excluding hydrogens is 521 g/mol. The van der Waals surface area contributed by atoms with E-state index in [0.29, 0.717) is 34.3 Å². The van der Waals surface area contributed by atoms with Crippen molar-refractivity contribution in [3.63, 3.8) is 0 Å². The normalized spacial score (nSPS) is 12.7. The van der Waals surface area contributed by atoms with Crippen molar-refractivity contribution in [3.8, 4) is 0 Å². The Labute approximate surface area is 224 Å². The van der Waals surface area contributed by atoms with Gasteiger partial charge in [-0.3, -0.25) is 13.9 Å². The molecule has 0 aliphatic rings. The summed E-state index contributed by atoms with van der Waals surface area (Å²) in [6.07, 6.45) is 1.40. The number of benzene rings is 2. The molecule has 1 N–H and O–H groups in total. The van der Waals surface area contributed by atoms with Crippen LogP contribution in [-0.4, -0.2) is 50.5 Å². The van der Waals surface area contributed by atoms with E-state index >= 15 is 0 Å². The molecule has 0 bridgehead atoms. The van der Waals surface area contributed by atoms with Crippen LogP contribution in [0.5, 0.6) is 0 Å². The summed E-state index contributed by atoms with van der Waals surface area (Å²) >= 11 is 12.2. The lowest BCUT2D eigenvalue weighted by Crippen LogP contribution is -2.52. The van der Waals surface area contributed by atoms with E-state index < -0.39 is 28.5 Å². The molecule has 2 aromatic carbocycles. The van der Waals surface area contributed by atoms with E-state index in [1.54, 1.807) is 44.2 Å². The van der Waals surface area contributed by atoms with E-state index in [9.17, 15) is 18.0 Å². The number of carbonyl (C=O) groups excluding carboxylic acids is 2. The molecule has 10 heteroatoms. The lowest BCUT2D eigenvalue weighted by atomic mass is 9.87. The summed E-state index contributed by atoms with van der Waals surface area (Å²) in [4.78, 5) is 27.9. The van der Waals surface area contributed by atoms with E-state index in [0.717, 1.165) is 16.1 Å². The molecule has 0 saturated heterocycles. The molecule has 2 aromatic rings. The quantitative estimate of drug-likeness (QED) is 0.446. The first-order valence-corrected chi connectivity index (χ1v) is 14.4. The summed E-state index contributed by atoms with van der Waals surface area (Å²) in [5, 5.41) is 3.46. The minimum atomic E-state index is -3.80. The highest BCUT2D eigenvalue weighted by atomic mass is 35.5. The molecule has 36 heavy (non-hydrogen) atoms. The third kappa shape index (κ3) is 7.85. The van der Waals surface area contributed by atoms with Crippen LogP contribution in [0.3, 0.4) is 0 Å². The van der Waals surface area contributed by atoms with Crippen LogP contribution in [0.2, 0.25) is 10.0 Å². The third-order valence-corrected chi connectivity index (χ3v) is 7.65. The van der Waals surface area contributed by atoms with Crippen LogP contribution in [-0.2, 0) is 31.6 Å². The number of carbonyl (C=O) groups is 2. The molecule has 0 unspecified atom stereocenters. The fourth-order valence-corrected chi connectivity index (χ4v) is 4.96. The van der Waals surface area contributed by atoms with Crippen LogP contribution in [0.1, 0.15) is 52.2 Å². The first kappa shape index (κ1) is 29.9. The number of hydrogen-bond acceptors (Lipinski definition) is 4. The van der Waals surface area contributed by atoms with Gasteiger partial charge in [0.15, 0.2) is 0 Å². The number of anilines is 1. The maximum Gasteiger partial charge on any atom is 0.244 e. The van der Waals surface area contributed by atoms with Gasteiger partial charge in [-0.25, -0.2) is 8.42 Å². The van der Waals surface area contributed by atoms with Gasteiger partial charge >= 0.3 is 0 Å². The lowest BCUT2D eigenvalue weighted by molar-refractivity contribution is -0.140. The Balaban J connectivity index is 2.46. The maximum absolute atomic E-state index is 13.6. The Hall–Kier alpha value is -2.29. The van der Waals surface area contributed by atoms with Gasteiger partial charge < -0.3 is 10.2 Å². The number of hydrogen-bond donors (Lipinski definition) is 1. The molecule has 0 heterocycles. The first-order chi connectivity index (χ1) is 16.7. The zero-order valence-electron chi connectivity index (χ0n) is 21.6. The van der Waals surface area contributed by atoms with Gasteiger partial charge in [-0.15, -0.1) is 0 Å². The zero-order valence-corrected chi connectivity index (χ0v) is 24.0. The van der Waals surface area contributed by atoms with Crippen LogP contribution in [0, 0.1) is 0 Å². The van der Waals surface area contributed by atoms with E-state index in [-0.39, 0.29) is 17.9 Å². The number of nitrogens with one attached hydrogen (secondary N) is 1. The predicted molar refractivity (Wildman–Crippen MR) is 147 cm³/mol. The molecule has 2 amide bonds. The Kier molecular flexibility index (Phi) is 10.2. The second kappa shape index (κ2) is 12.3. The highest BCUT2D eigenvalue weighted by molar-refractivity contribution is 7.92. The van der Waals surface area contributed by atoms with E-state index in [4.69, 9.17) is 23.2 Å². The van der Waals surface area contributed by atoms with Crippen molar-refractivity contribution < 1.29 is 18.0 Å². The number of sulfonamides is 1. The fourth-order valence-electron chi connectivity index (χ4n) is 3.79. The average molecular weight is 557 g/mol. The second-order valence-electron chi connectivity index (χ2n) is 9.66. The van der Waals surface area contributed by atoms with Gasteiger partial charge in [0, 0.05) is 13.1 Å². The summed E-state index contributed by atoms with van der Waals surface area (Å²) in [7, 11) is -3.80. The molecule has 0 radical (unpaired) electrons. The molecule has 7 nitrogen and oxygen atoms in total. The Morgan fingerprint density at radius 2 is 1.61 bits per heavy atom. The highest BCUT2D eigenvalue weighted by Gasteiger charge is 2.31. The predicted octanol–water partition coefficient (Wildman–Crippen LogP) is 5.00. The van der Waals surface area contributed by atoms with Gasteiger partial charge in [0.1, 0.15) is 12.6 Å². The van der Waals surface area contributed by atoms with E-state index in [1.165, 1.54) is 4.90 Å². The van der Waals surface area contributed by atoms with Crippen molar-refractivity contribution in [2.75, 3.05) is 23.7 Å². The molecule has 0 saturated carbocycles. The summed E-state index contributed by atoms with van der Waals surface area (Å²) in [6.45, 7) is 9.79. The molecule has 0 fully saturated rings. The highest BCUT2D eigenvalue weighted by Crippen LogP contribution is 2.27. The molecule has 2 rings (SSSR count). The topological polar surface area (TPSA) is 86.8 Å². The number of rotatable bonds is 10. The number of likely N-dealkylation sites (N-methyl/N-ethyl adjacent to an activating group) is 1. The van der Waals surface area contributed by atoms with Crippen LogP contribution < -0.4 is 9.62 Å². The van der Waals surface area contributed by atoms with Crippen LogP contribution in [0.4, 0.5) is 5.69 Å². The third-order valence-electron chi connectivity index (χ3n) is 5.77. The van der Waals surface area contributed by atoms with Crippen molar-refractivity contribution in [1.29, 1.82) is 0 Å². The number of halogens is 2. The SMILES string of the molecule is CCNC(=O)[C@@H](CC)N(Cc1ccc(Cl)c(Cl)c1)C(=O)CN(c1ccc(C(C)(C)C)cc1)S(C)(=O)=O. The molecule has 198 valence electrons. The minimum absolute atomic E-state index is 0.0614. The van der Waals surface area contributed by atoms with Crippen LogP contribution in [0.25, 0.3) is 0 Å². The Bertz CT molecular complexity index is 1180. The maximum atomic E-state index is 13.6. The average Bonchev–Trinajstić information content (AvgIpc) is 2.78. The molecule has 0 aliphatic heterocycles. The first-order valence-electron chi connectivity index (χ1n) is 11.8. The summed E-state index contributed by atoms with van der Waals surface area (Å²) in [5.41, 5.74) is 1.97. The largest absolute Gasteiger partial charge is 0.355 e. The van der Waals surface area contributed by atoms with Gasteiger partial charge in [-0.2, -0.15) is 0 Å². The summed E-state index contributed by atoms with van der Waals surface area (Å²) in [6, 6.07) is 11.3. The molecule has 0 aromatic heterocycles. The zero-order chi connectivity index (χ0) is 27.3. The van der Waals surface area contributed by atoms with Crippen LogP contribution in [0.15, 0.2) is 42.5 Å². The summed E-state index contributed by atoms with van der Waals surface area (Å²) in [5.74, 6) is -0.821. The van der Waals surface area contributed by atoms with Crippen molar-refractivity contribution >= 4 is 50.7 Å². The smallest absolute Gasteiger partial charge is 0.244 e.